The molecular weight excluding hydrogens is 742 g/mol. The van der Waals surface area contributed by atoms with Gasteiger partial charge in [0.25, 0.3) is 0 Å². The first-order valence-electron chi connectivity index (χ1n) is 18.1. The van der Waals surface area contributed by atoms with Gasteiger partial charge in [-0.15, -0.1) is 13.2 Å². The van der Waals surface area contributed by atoms with Crippen LogP contribution in [0.2, 0.25) is 0 Å². The molecule has 56 heavy (non-hydrogen) atoms. The maximum atomic E-state index is 14.5. The van der Waals surface area contributed by atoms with E-state index in [0.29, 0.717) is 35.3 Å². The van der Waals surface area contributed by atoms with Gasteiger partial charge < -0.3 is 9.05 Å². The lowest BCUT2D eigenvalue weighted by molar-refractivity contribution is 0.142. The third kappa shape index (κ3) is 11.8. The number of hydrogen-bond acceptors (Lipinski definition) is 8. The Hall–Kier alpha value is -5.30. The second-order valence-electron chi connectivity index (χ2n) is 12.8. The highest BCUT2D eigenvalue weighted by molar-refractivity contribution is 7.49. The molecule has 286 valence electrons. The highest BCUT2D eigenvalue weighted by Crippen LogP contribution is 2.54. The van der Waals surface area contributed by atoms with Crippen molar-refractivity contribution >= 4 is 15.6 Å². The van der Waals surface area contributed by atoms with Crippen LogP contribution in [0.1, 0.15) is 33.4 Å². The van der Waals surface area contributed by atoms with E-state index in [4.69, 9.17) is 27.1 Å². The first-order valence-corrected chi connectivity index (χ1v) is 21.1. The quantitative estimate of drug-likeness (QED) is 0.0526. The van der Waals surface area contributed by atoms with Crippen LogP contribution in [0.5, 0.6) is 11.5 Å². The molecule has 0 saturated carbocycles. The molecule has 0 fully saturated rings. The molecule has 0 aliphatic carbocycles. The van der Waals surface area contributed by atoms with Gasteiger partial charge in [0, 0.05) is 5.56 Å². The van der Waals surface area contributed by atoms with Crippen molar-refractivity contribution in [3.63, 3.8) is 0 Å². The number of benzene rings is 6. The molecule has 0 aliphatic heterocycles. The molecular formula is C46H44O8P2. The van der Waals surface area contributed by atoms with Crippen molar-refractivity contribution in [3.8, 4) is 22.6 Å². The first-order chi connectivity index (χ1) is 27.3. The van der Waals surface area contributed by atoms with Crippen LogP contribution in [-0.4, -0.2) is 0 Å². The molecule has 8 nitrogen and oxygen atoms in total. The molecule has 0 atom stereocenters. The highest BCUT2D eigenvalue weighted by atomic mass is 31.2. The molecule has 6 rings (SSSR count). The van der Waals surface area contributed by atoms with E-state index in [1.165, 1.54) is 0 Å². The van der Waals surface area contributed by atoms with Crippen molar-refractivity contribution in [1.82, 2.24) is 0 Å². The van der Waals surface area contributed by atoms with Gasteiger partial charge in [-0.2, -0.15) is 0 Å². The van der Waals surface area contributed by atoms with Gasteiger partial charge in [-0.3, -0.25) is 18.1 Å². The number of allylic oxidation sites excluding steroid dienone is 2. The second-order valence-corrected chi connectivity index (χ2v) is 15.9. The molecule has 6 aromatic carbocycles. The number of hydrogen-bond donors (Lipinski definition) is 0. The van der Waals surface area contributed by atoms with Crippen LogP contribution >= 0.6 is 15.6 Å². The van der Waals surface area contributed by atoms with Crippen molar-refractivity contribution in [2.24, 2.45) is 0 Å². The van der Waals surface area contributed by atoms with Gasteiger partial charge >= 0.3 is 15.6 Å². The fourth-order valence-electron chi connectivity index (χ4n) is 5.66. The van der Waals surface area contributed by atoms with Crippen LogP contribution in [0.3, 0.4) is 0 Å². The standard InChI is InChI=1S/C46H44O8P2/c1-3-17-37-27-29-46(54-56(48,51-35-40-23-13-7-14-24-40)52-36-41-25-15-8-16-26-41)44(31-37)42-28-30-45(43(32-42)18-4-2)53-55(47,49-33-38-19-9-5-10-20-38)50-34-39-21-11-6-12-22-39/h3-16,19-32H,1-2,17-18,33-36H2. The number of rotatable bonds is 21. The average Bonchev–Trinajstić information content (AvgIpc) is 3.24. The third-order valence-electron chi connectivity index (χ3n) is 8.51. The lowest BCUT2D eigenvalue weighted by Gasteiger charge is -2.22. The Labute approximate surface area is 329 Å². The maximum absolute atomic E-state index is 14.5. The fourth-order valence-corrected chi connectivity index (χ4v) is 8.07. The van der Waals surface area contributed by atoms with E-state index in [2.05, 4.69) is 13.2 Å². The van der Waals surface area contributed by atoms with E-state index in [-0.39, 0.29) is 32.2 Å². The van der Waals surface area contributed by atoms with Crippen molar-refractivity contribution < 1.29 is 36.3 Å². The molecule has 0 unspecified atom stereocenters. The van der Waals surface area contributed by atoms with Crippen molar-refractivity contribution in [3.05, 3.63) is 216 Å². The van der Waals surface area contributed by atoms with Gasteiger partial charge in [0.2, 0.25) is 0 Å². The minimum atomic E-state index is -4.21. The second kappa shape index (κ2) is 20.0. The zero-order chi connectivity index (χ0) is 39.1. The van der Waals surface area contributed by atoms with E-state index < -0.39 is 15.6 Å². The first kappa shape index (κ1) is 40.4. The Morgan fingerprint density at radius 2 is 0.821 bits per heavy atom. The molecule has 0 spiro atoms. The molecule has 0 N–H and O–H groups in total. The van der Waals surface area contributed by atoms with Crippen LogP contribution in [0.4, 0.5) is 0 Å². The molecule has 10 heteroatoms. The Morgan fingerprint density at radius 3 is 1.23 bits per heavy atom. The zero-order valence-electron chi connectivity index (χ0n) is 31.0. The third-order valence-corrected chi connectivity index (χ3v) is 11.1. The van der Waals surface area contributed by atoms with Crippen molar-refractivity contribution in [2.75, 3.05) is 0 Å². The Bertz CT molecular complexity index is 2170. The van der Waals surface area contributed by atoms with Crippen LogP contribution in [-0.2, 0) is 66.5 Å². The van der Waals surface area contributed by atoms with Crippen LogP contribution in [0, 0.1) is 0 Å². The molecule has 6 aromatic rings. The van der Waals surface area contributed by atoms with E-state index in [0.717, 1.165) is 27.8 Å². The molecule has 0 aliphatic rings. The number of phosphoric acid groups is 2. The van der Waals surface area contributed by atoms with Gasteiger partial charge in [0.15, 0.2) is 0 Å². The molecule has 0 amide bonds. The summed E-state index contributed by atoms with van der Waals surface area (Å²) in [7, 11) is -8.38. The average molecular weight is 787 g/mol. The Balaban J connectivity index is 1.32. The minimum absolute atomic E-state index is 0.00501. The van der Waals surface area contributed by atoms with Gasteiger partial charge in [0.1, 0.15) is 11.5 Å². The molecule has 0 heterocycles. The summed E-state index contributed by atoms with van der Waals surface area (Å²) in [6, 6.07) is 48.6. The molecule has 0 saturated heterocycles. The summed E-state index contributed by atoms with van der Waals surface area (Å²) in [5, 5.41) is 0. The van der Waals surface area contributed by atoms with Gasteiger partial charge in [0.05, 0.1) is 26.4 Å². The predicted octanol–water partition coefficient (Wildman–Crippen LogP) is 12.7. The summed E-state index contributed by atoms with van der Waals surface area (Å²) in [5.74, 6) is 0.578. The summed E-state index contributed by atoms with van der Waals surface area (Å²) in [6.07, 6.45) is 4.48. The van der Waals surface area contributed by atoms with E-state index in [9.17, 15) is 9.13 Å². The molecule has 0 bridgehead atoms. The van der Waals surface area contributed by atoms with Crippen LogP contribution in [0.15, 0.2) is 183 Å². The molecule has 0 radical (unpaired) electrons. The monoisotopic (exact) mass is 786 g/mol. The van der Waals surface area contributed by atoms with Crippen LogP contribution < -0.4 is 9.05 Å². The lowest BCUT2D eigenvalue weighted by atomic mass is 9.97. The summed E-state index contributed by atoms with van der Waals surface area (Å²) in [5.41, 5.74) is 6.18. The van der Waals surface area contributed by atoms with E-state index >= 15 is 0 Å². The lowest BCUT2D eigenvalue weighted by Crippen LogP contribution is -2.06. The zero-order valence-corrected chi connectivity index (χ0v) is 32.8. The number of phosphoric ester groups is 2. The molecule has 0 aromatic heterocycles. The predicted molar refractivity (Wildman–Crippen MR) is 221 cm³/mol. The highest BCUT2D eigenvalue weighted by Gasteiger charge is 2.32. The van der Waals surface area contributed by atoms with Crippen molar-refractivity contribution in [2.45, 2.75) is 39.3 Å². The van der Waals surface area contributed by atoms with Gasteiger partial charge in [-0.05, 0) is 76.1 Å². The fraction of sp³-hybridized carbons (Fsp3) is 0.130. The van der Waals surface area contributed by atoms with Crippen molar-refractivity contribution in [1.29, 1.82) is 0 Å². The summed E-state index contributed by atoms with van der Waals surface area (Å²) in [6.45, 7) is 7.89. The summed E-state index contributed by atoms with van der Waals surface area (Å²) in [4.78, 5) is 0. The van der Waals surface area contributed by atoms with E-state index in [1.807, 2.05) is 140 Å². The SMILES string of the molecule is C=CCc1ccc(OP(=O)(OCc2ccccc2)OCc2ccccc2)c(-c2ccc(OP(=O)(OCc3ccccc3)OCc3ccccc3)c(CC=C)c2)c1. The maximum Gasteiger partial charge on any atom is 0.530 e. The Morgan fingerprint density at radius 1 is 0.429 bits per heavy atom. The summed E-state index contributed by atoms with van der Waals surface area (Å²) < 4.78 is 65.0. The van der Waals surface area contributed by atoms with Gasteiger partial charge in [-0.1, -0.05) is 146 Å². The van der Waals surface area contributed by atoms with Gasteiger partial charge in [-0.25, -0.2) is 9.13 Å². The Kier molecular flexibility index (Phi) is 14.4. The normalized spacial score (nSPS) is 11.5. The topological polar surface area (TPSA) is 89.5 Å². The minimum Gasteiger partial charge on any atom is -0.404 e. The van der Waals surface area contributed by atoms with Crippen LogP contribution in [0.25, 0.3) is 11.1 Å². The smallest absolute Gasteiger partial charge is 0.404 e. The largest absolute Gasteiger partial charge is 0.530 e. The summed E-state index contributed by atoms with van der Waals surface area (Å²) >= 11 is 0. The van der Waals surface area contributed by atoms with E-state index in [1.54, 1.807) is 30.4 Å².